The van der Waals surface area contributed by atoms with E-state index in [2.05, 4.69) is 4.98 Å². The van der Waals surface area contributed by atoms with Crippen LogP contribution in [0.2, 0.25) is 0 Å². The van der Waals surface area contributed by atoms with Crippen LogP contribution in [0.1, 0.15) is 30.2 Å². The lowest BCUT2D eigenvalue weighted by Crippen LogP contribution is -2.11. The first-order valence-corrected chi connectivity index (χ1v) is 6.13. The summed E-state index contributed by atoms with van der Waals surface area (Å²) in [4.78, 5) is 15.3. The van der Waals surface area contributed by atoms with Crippen LogP contribution in [-0.4, -0.2) is 17.6 Å². The Labute approximate surface area is 112 Å². The second-order valence-corrected chi connectivity index (χ2v) is 4.44. The number of aryl methyl sites for hydroxylation is 1. The van der Waals surface area contributed by atoms with Crippen LogP contribution in [0.25, 0.3) is 0 Å². The largest absolute Gasteiger partial charge is 0.466 e. The number of aromatic nitrogens is 1. The van der Waals surface area contributed by atoms with Crippen molar-refractivity contribution in [3.8, 4) is 0 Å². The maximum absolute atomic E-state index is 12.6. The normalized spacial score (nSPS) is 10.7. The van der Waals surface area contributed by atoms with Crippen LogP contribution < -0.4 is 0 Å². The quantitative estimate of drug-likeness (QED) is 0.474. The van der Waals surface area contributed by atoms with Crippen LogP contribution in [0, 0.1) is 10.6 Å². The van der Waals surface area contributed by atoms with Crippen LogP contribution in [-0.2, 0) is 16.0 Å². The van der Waals surface area contributed by atoms with Crippen LogP contribution >= 0.6 is 22.6 Å². The lowest BCUT2D eigenvalue weighted by atomic mass is 10.1. The topological polar surface area (TPSA) is 39.2 Å². The molecular formula is C11H12F2INO2. The van der Waals surface area contributed by atoms with Gasteiger partial charge in [0.15, 0.2) is 0 Å². The Balaban J connectivity index is 2.95. The summed E-state index contributed by atoms with van der Waals surface area (Å²) in [6.45, 7) is 3.66. The lowest BCUT2D eigenvalue weighted by Gasteiger charge is -2.09. The molecule has 1 rings (SSSR count). The molecule has 0 aliphatic carbocycles. The molecule has 1 aromatic heterocycles. The maximum atomic E-state index is 12.6. The third-order valence-corrected chi connectivity index (χ3v) is 3.01. The van der Waals surface area contributed by atoms with E-state index in [4.69, 9.17) is 4.74 Å². The maximum Gasteiger partial charge on any atom is 0.311 e. The molecule has 1 heterocycles. The standard InChI is InChI=1S/C11H12F2INO2/c1-3-17-9(16)5-8-6(2)4-7(10(12)13)11(14)15-8/h4,10H,3,5H2,1-2H3. The van der Waals surface area contributed by atoms with Crippen LogP contribution in [0.4, 0.5) is 8.78 Å². The van der Waals surface area contributed by atoms with Gasteiger partial charge >= 0.3 is 5.97 Å². The van der Waals surface area contributed by atoms with E-state index >= 15 is 0 Å². The third-order valence-electron chi connectivity index (χ3n) is 2.15. The Morgan fingerprint density at radius 3 is 2.76 bits per heavy atom. The number of nitrogens with zero attached hydrogens (tertiary/aromatic N) is 1. The summed E-state index contributed by atoms with van der Waals surface area (Å²) >= 11 is 1.74. The van der Waals surface area contributed by atoms with E-state index in [1.807, 2.05) is 0 Å². The minimum atomic E-state index is -2.55. The predicted molar refractivity (Wildman–Crippen MR) is 67.0 cm³/mol. The fraction of sp³-hybridized carbons (Fsp3) is 0.455. The van der Waals surface area contributed by atoms with Gasteiger partial charge in [-0.05, 0) is 48.1 Å². The summed E-state index contributed by atoms with van der Waals surface area (Å²) in [6, 6.07) is 1.37. The van der Waals surface area contributed by atoms with Crippen molar-refractivity contribution in [3.05, 3.63) is 26.6 Å². The van der Waals surface area contributed by atoms with E-state index < -0.39 is 12.4 Å². The number of carbonyl (C=O) groups is 1. The molecule has 0 spiro atoms. The van der Waals surface area contributed by atoms with Crippen LogP contribution in [0.15, 0.2) is 6.07 Å². The van der Waals surface area contributed by atoms with Crippen LogP contribution in [0.3, 0.4) is 0 Å². The summed E-state index contributed by atoms with van der Waals surface area (Å²) in [7, 11) is 0. The zero-order valence-corrected chi connectivity index (χ0v) is 11.6. The Morgan fingerprint density at radius 2 is 2.24 bits per heavy atom. The molecule has 1 aromatic rings. The molecule has 0 radical (unpaired) electrons. The number of hydrogen-bond acceptors (Lipinski definition) is 3. The van der Waals surface area contributed by atoms with Gasteiger partial charge < -0.3 is 4.74 Å². The molecule has 0 aliphatic rings. The number of ether oxygens (including phenoxy) is 1. The Kier molecular flexibility index (Phi) is 5.23. The number of esters is 1. The number of carbonyl (C=O) groups excluding carboxylic acids is 1. The average molecular weight is 355 g/mol. The van der Waals surface area contributed by atoms with Gasteiger partial charge in [-0.1, -0.05) is 0 Å². The minimum absolute atomic E-state index is 0.0131. The number of pyridine rings is 1. The zero-order chi connectivity index (χ0) is 13.0. The van der Waals surface area contributed by atoms with Crippen molar-refractivity contribution in [2.75, 3.05) is 6.61 Å². The molecule has 0 N–H and O–H groups in total. The first kappa shape index (κ1) is 14.3. The van der Waals surface area contributed by atoms with Gasteiger partial charge in [-0.25, -0.2) is 13.8 Å². The van der Waals surface area contributed by atoms with Gasteiger partial charge in [0.1, 0.15) is 3.70 Å². The second kappa shape index (κ2) is 6.23. The summed E-state index contributed by atoms with van der Waals surface area (Å²) in [5.41, 5.74) is 0.960. The predicted octanol–water partition coefficient (Wildman–Crippen LogP) is 3.04. The molecule has 0 amide bonds. The molecule has 0 fully saturated rings. The number of hydrogen-bond donors (Lipinski definition) is 0. The molecule has 0 atom stereocenters. The highest BCUT2D eigenvalue weighted by Crippen LogP contribution is 2.25. The van der Waals surface area contributed by atoms with E-state index in [0.717, 1.165) is 0 Å². The second-order valence-electron chi connectivity index (χ2n) is 3.41. The molecule has 6 heteroatoms. The van der Waals surface area contributed by atoms with E-state index in [0.29, 0.717) is 17.9 Å². The van der Waals surface area contributed by atoms with E-state index in [1.54, 1.807) is 36.4 Å². The van der Waals surface area contributed by atoms with Crippen molar-refractivity contribution in [3.63, 3.8) is 0 Å². The number of alkyl halides is 2. The van der Waals surface area contributed by atoms with Gasteiger partial charge in [-0.15, -0.1) is 0 Å². The smallest absolute Gasteiger partial charge is 0.311 e. The number of halogens is 3. The van der Waals surface area contributed by atoms with E-state index in [1.165, 1.54) is 6.07 Å². The number of rotatable bonds is 4. The highest BCUT2D eigenvalue weighted by atomic mass is 127. The van der Waals surface area contributed by atoms with Crippen LogP contribution in [0.5, 0.6) is 0 Å². The molecule has 17 heavy (non-hydrogen) atoms. The van der Waals surface area contributed by atoms with Gasteiger partial charge in [0.05, 0.1) is 18.7 Å². The summed E-state index contributed by atoms with van der Waals surface area (Å²) in [5.74, 6) is -0.399. The van der Waals surface area contributed by atoms with Gasteiger partial charge in [0.2, 0.25) is 0 Å². The Bertz CT molecular complexity index is 424. The van der Waals surface area contributed by atoms with Crippen molar-refractivity contribution in [2.24, 2.45) is 0 Å². The molecule has 0 aromatic carbocycles. The summed E-state index contributed by atoms with van der Waals surface area (Å²) in [5, 5.41) is 0. The summed E-state index contributed by atoms with van der Waals surface area (Å²) < 4.78 is 30.2. The molecule has 94 valence electrons. The molecule has 0 bridgehead atoms. The fourth-order valence-electron chi connectivity index (χ4n) is 1.33. The monoisotopic (exact) mass is 355 g/mol. The van der Waals surface area contributed by atoms with Gasteiger partial charge in [0, 0.05) is 5.56 Å². The van der Waals surface area contributed by atoms with E-state index in [-0.39, 0.29) is 15.7 Å². The Morgan fingerprint density at radius 1 is 1.59 bits per heavy atom. The molecule has 0 aliphatic heterocycles. The molecular weight excluding hydrogens is 343 g/mol. The highest BCUT2D eigenvalue weighted by molar-refractivity contribution is 14.1. The zero-order valence-electron chi connectivity index (χ0n) is 9.47. The van der Waals surface area contributed by atoms with Gasteiger partial charge in [-0.3, -0.25) is 4.79 Å². The van der Waals surface area contributed by atoms with E-state index in [9.17, 15) is 13.6 Å². The van der Waals surface area contributed by atoms with Crippen molar-refractivity contribution in [2.45, 2.75) is 26.7 Å². The molecule has 0 saturated carbocycles. The highest BCUT2D eigenvalue weighted by Gasteiger charge is 2.16. The summed E-state index contributed by atoms with van der Waals surface area (Å²) in [6.07, 6.45) is -2.54. The first-order valence-electron chi connectivity index (χ1n) is 5.05. The van der Waals surface area contributed by atoms with Gasteiger partial charge in [0.25, 0.3) is 6.43 Å². The van der Waals surface area contributed by atoms with Crippen molar-refractivity contribution < 1.29 is 18.3 Å². The molecule has 3 nitrogen and oxygen atoms in total. The minimum Gasteiger partial charge on any atom is -0.466 e. The Hall–Kier alpha value is -0.790. The van der Waals surface area contributed by atoms with Gasteiger partial charge in [-0.2, -0.15) is 0 Å². The van der Waals surface area contributed by atoms with Crippen molar-refractivity contribution >= 4 is 28.6 Å². The SMILES string of the molecule is CCOC(=O)Cc1nc(I)c(C(F)F)cc1C. The fourth-order valence-corrected chi connectivity index (χ4v) is 2.01. The molecule has 0 saturated heterocycles. The first-order chi connectivity index (χ1) is 7.95. The lowest BCUT2D eigenvalue weighted by molar-refractivity contribution is -0.142. The molecule has 0 unspecified atom stereocenters. The average Bonchev–Trinajstić information content (AvgIpc) is 2.22. The van der Waals surface area contributed by atoms with Crippen molar-refractivity contribution in [1.29, 1.82) is 0 Å². The van der Waals surface area contributed by atoms with Crippen molar-refractivity contribution in [1.82, 2.24) is 4.98 Å². The third kappa shape index (κ3) is 3.86.